The van der Waals surface area contributed by atoms with E-state index < -0.39 is 0 Å². The van der Waals surface area contributed by atoms with E-state index in [1.807, 2.05) is 12.3 Å². The quantitative estimate of drug-likeness (QED) is 0.464. The number of benzene rings is 1. The van der Waals surface area contributed by atoms with Gasteiger partial charge < -0.3 is 19.4 Å². The van der Waals surface area contributed by atoms with Crippen molar-refractivity contribution in [1.29, 1.82) is 5.41 Å². The fourth-order valence-corrected chi connectivity index (χ4v) is 5.13. The maximum atomic E-state index is 7.89. The maximum Gasteiger partial charge on any atom is 0.155 e. The Bertz CT molecular complexity index is 1150. The third-order valence-electron chi connectivity index (χ3n) is 7.15. The second kappa shape index (κ2) is 10.8. The van der Waals surface area contributed by atoms with Gasteiger partial charge in [0.05, 0.1) is 19.2 Å². The van der Waals surface area contributed by atoms with E-state index in [0.717, 1.165) is 60.3 Å². The molecule has 1 saturated heterocycles. The van der Waals surface area contributed by atoms with Crippen LogP contribution in [0.4, 0.5) is 0 Å². The van der Waals surface area contributed by atoms with E-state index in [-0.39, 0.29) is 23.5 Å². The van der Waals surface area contributed by atoms with Crippen LogP contribution >= 0.6 is 0 Å². The van der Waals surface area contributed by atoms with Gasteiger partial charge in [-0.15, -0.1) is 0 Å². The number of nitrogens with zero attached hydrogens (tertiary/aromatic N) is 5. The van der Waals surface area contributed by atoms with Crippen LogP contribution in [-0.2, 0) is 6.54 Å². The Kier molecular flexibility index (Phi) is 7.94. The summed E-state index contributed by atoms with van der Waals surface area (Å²) in [5.74, 6) is 3.32. The monoisotopic (exact) mass is 509 g/mol. The summed E-state index contributed by atoms with van der Waals surface area (Å²) in [5, 5.41) is 11.2. The summed E-state index contributed by atoms with van der Waals surface area (Å²) in [5.41, 5.74) is 3.00. The molecule has 0 saturated carbocycles. The van der Waals surface area contributed by atoms with Crippen molar-refractivity contribution in [2.75, 3.05) is 39.9 Å². The van der Waals surface area contributed by atoms with E-state index >= 15 is 0 Å². The number of piperazine rings is 1. The zero-order valence-electron chi connectivity index (χ0n) is 23.7. The highest BCUT2D eigenvalue weighted by Gasteiger charge is 2.30. The highest BCUT2D eigenvalue weighted by atomic mass is 16.5. The molecular formula is C28H43N7O2. The molecule has 2 aliphatic rings. The summed E-state index contributed by atoms with van der Waals surface area (Å²) in [6, 6.07) is 4.57. The number of nitrogens with one attached hydrogen (secondary N) is 2. The lowest BCUT2D eigenvalue weighted by Gasteiger charge is -2.44. The second-order valence-corrected chi connectivity index (χ2v) is 11.3. The first kappa shape index (κ1) is 27.1. The van der Waals surface area contributed by atoms with Crippen LogP contribution in [0.3, 0.4) is 0 Å². The molecule has 1 aromatic heterocycles. The molecule has 0 amide bonds. The minimum Gasteiger partial charge on any atom is -0.496 e. The number of hydrogen-bond acceptors (Lipinski definition) is 6. The predicted octanol–water partition coefficient (Wildman–Crippen LogP) is 4.17. The van der Waals surface area contributed by atoms with Crippen LogP contribution < -0.4 is 14.8 Å². The van der Waals surface area contributed by atoms with Crippen LogP contribution in [0, 0.1) is 5.41 Å². The predicted molar refractivity (Wildman–Crippen MR) is 149 cm³/mol. The molecule has 1 atom stereocenters. The molecule has 37 heavy (non-hydrogen) atoms. The molecule has 2 aliphatic heterocycles. The van der Waals surface area contributed by atoms with Crippen molar-refractivity contribution in [3.8, 4) is 22.9 Å². The molecule has 0 unspecified atom stereocenters. The van der Waals surface area contributed by atoms with Crippen LogP contribution in [0.15, 0.2) is 23.3 Å². The van der Waals surface area contributed by atoms with E-state index in [0.29, 0.717) is 19.0 Å². The molecule has 202 valence electrons. The molecule has 0 spiro atoms. The van der Waals surface area contributed by atoms with Crippen LogP contribution in [-0.4, -0.2) is 82.5 Å². The number of aromatic nitrogens is 2. The van der Waals surface area contributed by atoms with Crippen molar-refractivity contribution in [1.82, 2.24) is 24.7 Å². The van der Waals surface area contributed by atoms with Gasteiger partial charge in [0.2, 0.25) is 0 Å². The minimum absolute atomic E-state index is 0.172. The third-order valence-corrected chi connectivity index (χ3v) is 7.15. The number of ether oxygens (including phenoxy) is 2. The van der Waals surface area contributed by atoms with Crippen LogP contribution in [0.5, 0.6) is 11.5 Å². The first-order chi connectivity index (χ1) is 17.5. The van der Waals surface area contributed by atoms with E-state index in [2.05, 4.69) is 72.3 Å². The molecule has 4 rings (SSSR count). The molecule has 1 aromatic carbocycles. The zero-order valence-corrected chi connectivity index (χ0v) is 23.7. The first-order valence-electron chi connectivity index (χ1n) is 13.3. The summed E-state index contributed by atoms with van der Waals surface area (Å²) in [7, 11) is 1.73. The Balaban J connectivity index is 1.70. The average molecular weight is 510 g/mol. The van der Waals surface area contributed by atoms with Gasteiger partial charge in [-0.25, -0.2) is 9.98 Å². The van der Waals surface area contributed by atoms with Crippen LogP contribution in [0.1, 0.15) is 65.8 Å². The van der Waals surface area contributed by atoms with Gasteiger partial charge >= 0.3 is 0 Å². The lowest BCUT2D eigenvalue weighted by atomic mass is 9.99. The largest absolute Gasteiger partial charge is 0.496 e. The van der Waals surface area contributed by atoms with Crippen molar-refractivity contribution >= 4 is 11.7 Å². The van der Waals surface area contributed by atoms with E-state index in [1.165, 1.54) is 0 Å². The molecule has 0 aliphatic carbocycles. The molecule has 0 radical (unpaired) electrons. The number of fused-ring (bicyclic) bond motifs is 3. The molecule has 1 fully saturated rings. The Hall–Kier alpha value is -2.91. The number of rotatable bonds is 5. The molecule has 9 heteroatoms. The third kappa shape index (κ3) is 5.99. The summed E-state index contributed by atoms with van der Waals surface area (Å²) in [6.45, 7) is 20.2. The van der Waals surface area contributed by atoms with Gasteiger partial charge in [-0.05, 0) is 54.5 Å². The van der Waals surface area contributed by atoms with Crippen molar-refractivity contribution in [3.63, 3.8) is 0 Å². The summed E-state index contributed by atoms with van der Waals surface area (Å²) in [6.07, 6.45) is 2.00. The highest BCUT2D eigenvalue weighted by Crippen LogP contribution is 2.41. The number of methoxy groups -OCH3 is 1. The van der Waals surface area contributed by atoms with Gasteiger partial charge in [0.15, 0.2) is 5.84 Å². The van der Waals surface area contributed by atoms with Crippen molar-refractivity contribution in [2.45, 2.75) is 72.6 Å². The average Bonchev–Trinajstić information content (AvgIpc) is 3.18. The molecular weight excluding hydrogens is 466 g/mol. The van der Waals surface area contributed by atoms with Crippen LogP contribution in [0.2, 0.25) is 0 Å². The van der Waals surface area contributed by atoms with Gasteiger partial charge in [-0.1, -0.05) is 0 Å². The van der Waals surface area contributed by atoms with E-state index in [4.69, 9.17) is 19.9 Å². The molecule has 0 bridgehead atoms. The summed E-state index contributed by atoms with van der Waals surface area (Å²) < 4.78 is 14.1. The molecule has 2 N–H and O–H groups in total. The van der Waals surface area contributed by atoms with Gasteiger partial charge in [0.25, 0.3) is 0 Å². The Morgan fingerprint density at radius 3 is 2.43 bits per heavy atom. The fourth-order valence-electron chi connectivity index (χ4n) is 5.13. The maximum absolute atomic E-state index is 7.89. The van der Waals surface area contributed by atoms with Crippen LogP contribution in [0.25, 0.3) is 11.4 Å². The topological polar surface area (TPSA) is 91.0 Å². The minimum atomic E-state index is 0.172. The van der Waals surface area contributed by atoms with E-state index in [1.54, 1.807) is 14.0 Å². The standard InChI is InChI=1S/C28H43N7O2/c1-18(2)30-26(31-20(4)29)23-17-34-13-14-37-25-16-24(36-8)21(15-22(25)27(34)32-23)19(3)33-9-11-35(12-10-33)28(5,6)7/h15-19H,9-14H2,1-8H3,(H2,29,30,31)/t19-/m1/s1. The van der Waals surface area contributed by atoms with Gasteiger partial charge in [0.1, 0.15) is 35.5 Å². The summed E-state index contributed by atoms with van der Waals surface area (Å²) in [4.78, 5) is 14.5. The lowest BCUT2D eigenvalue weighted by Crippen LogP contribution is -2.53. The van der Waals surface area contributed by atoms with Gasteiger partial charge in [-0.3, -0.25) is 15.2 Å². The Morgan fingerprint density at radius 2 is 1.84 bits per heavy atom. The zero-order chi connectivity index (χ0) is 26.9. The van der Waals surface area contributed by atoms with Gasteiger partial charge in [0, 0.05) is 61.6 Å². The Morgan fingerprint density at radius 1 is 1.14 bits per heavy atom. The normalized spacial score (nSPS) is 18.0. The summed E-state index contributed by atoms with van der Waals surface area (Å²) >= 11 is 0. The number of hydrogen-bond donors (Lipinski definition) is 2. The fraction of sp³-hybridized carbons (Fsp3) is 0.607. The van der Waals surface area contributed by atoms with Gasteiger partial charge in [-0.2, -0.15) is 0 Å². The molecule has 9 nitrogen and oxygen atoms in total. The molecule has 2 aromatic rings. The van der Waals surface area contributed by atoms with E-state index in [9.17, 15) is 0 Å². The Labute approximate surface area is 221 Å². The van der Waals surface area contributed by atoms with Crippen molar-refractivity contribution < 1.29 is 9.47 Å². The van der Waals surface area contributed by atoms with Crippen molar-refractivity contribution in [2.24, 2.45) is 4.99 Å². The highest BCUT2D eigenvalue weighted by molar-refractivity contribution is 6.04. The number of amidine groups is 2. The first-order valence-corrected chi connectivity index (χ1v) is 13.3. The second-order valence-electron chi connectivity index (χ2n) is 11.3. The number of aliphatic imine (C=N–C) groups is 1. The SMILES string of the molecule is COc1cc2c(cc1[C@@H](C)N1CCN(C(C)(C)C)CC1)-c1nc(/C(=N/C(C)=N)NC(C)C)cn1CCO2. The smallest absolute Gasteiger partial charge is 0.155 e. The molecule has 3 heterocycles. The number of imidazole rings is 1. The van der Waals surface area contributed by atoms with Crippen molar-refractivity contribution in [3.05, 3.63) is 29.6 Å². The lowest BCUT2D eigenvalue weighted by molar-refractivity contribution is 0.0449.